The average molecular weight is 311 g/mol. The molecule has 1 aromatic heterocycles. The number of amides is 2. The van der Waals surface area contributed by atoms with E-state index in [9.17, 15) is 9.59 Å². The molecule has 0 unspecified atom stereocenters. The molecule has 0 atom stereocenters. The van der Waals surface area contributed by atoms with Crippen LogP contribution in [0.4, 0.5) is 9.80 Å². The van der Waals surface area contributed by atoms with Crippen molar-refractivity contribution >= 4 is 28.3 Å². The highest BCUT2D eigenvalue weighted by Gasteiger charge is 2.40. The fraction of sp³-hybridized carbons (Fsp3) is 0.571. The molecule has 1 aliphatic rings. The highest BCUT2D eigenvalue weighted by atomic mass is 32.1. The summed E-state index contributed by atoms with van der Waals surface area (Å²) in [5, 5.41) is 13.8. The van der Waals surface area contributed by atoms with Gasteiger partial charge in [-0.1, -0.05) is 0 Å². The lowest BCUT2D eigenvalue weighted by Gasteiger charge is -2.49. The number of nitrogens with one attached hydrogen (secondary N) is 1. The molecule has 0 aliphatic heterocycles. The second-order valence-electron chi connectivity index (χ2n) is 5.73. The monoisotopic (exact) mass is 311 g/mol. The summed E-state index contributed by atoms with van der Waals surface area (Å²) in [5.74, 6) is -1.03. The number of likely N-dealkylation sites (N-methyl/N-ethyl adjacent to an activating group) is 2. The van der Waals surface area contributed by atoms with Gasteiger partial charge in [0, 0.05) is 19.1 Å². The summed E-state index contributed by atoms with van der Waals surface area (Å²) in [6.45, 7) is 0.639. The molecule has 1 aromatic rings. The molecule has 1 fully saturated rings. The van der Waals surface area contributed by atoms with Gasteiger partial charge in [-0.2, -0.15) is 0 Å². The van der Waals surface area contributed by atoms with Crippen LogP contribution in [0.3, 0.4) is 0 Å². The van der Waals surface area contributed by atoms with Crippen LogP contribution in [-0.4, -0.2) is 60.1 Å². The molecule has 7 heteroatoms. The van der Waals surface area contributed by atoms with Gasteiger partial charge in [0.15, 0.2) is 0 Å². The third-order valence-corrected chi connectivity index (χ3v) is 5.06. The number of rotatable bonds is 5. The first-order valence-electron chi connectivity index (χ1n) is 6.86. The molecule has 1 saturated carbocycles. The topological polar surface area (TPSA) is 72.9 Å². The van der Waals surface area contributed by atoms with Crippen molar-refractivity contribution in [2.75, 3.05) is 33.0 Å². The molecule has 0 saturated heterocycles. The Kier molecular flexibility index (Phi) is 4.53. The van der Waals surface area contributed by atoms with Gasteiger partial charge in [0.25, 0.3) is 0 Å². The zero-order chi connectivity index (χ0) is 15.6. The standard InChI is InChI=1S/C14H21N3O3S/c1-16(2)14(6-4-7-14)9-17(3)13(20)15-11-10(12(18)19)5-8-21-11/h5,8H,4,6-7,9H2,1-3H3,(H,15,20)(H,18,19). The van der Waals surface area contributed by atoms with Crippen LogP contribution in [0.25, 0.3) is 0 Å². The normalized spacial score (nSPS) is 16.4. The Morgan fingerprint density at radius 3 is 2.52 bits per heavy atom. The lowest BCUT2D eigenvalue weighted by Crippen LogP contribution is -2.57. The third-order valence-electron chi connectivity index (χ3n) is 4.23. The quantitative estimate of drug-likeness (QED) is 0.876. The molecule has 2 amide bonds. The van der Waals surface area contributed by atoms with Gasteiger partial charge in [0.1, 0.15) is 5.00 Å². The van der Waals surface area contributed by atoms with Gasteiger partial charge in [-0.25, -0.2) is 9.59 Å². The van der Waals surface area contributed by atoms with E-state index in [1.165, 1.54) is 23.8 Å². The van der Waals surface area contributed by atoms with Crippen molar-refractivity contribution in [2.45, 2.75) is 24.8 Å². The van der Waals surface area contributed by atoms with Crippen molar-refractivity contribution in [3.8, 4) is 0 Å². The number of carboxylic acids is 1. The van der Waals surface area contributed by atoms with Crippen molar-refractivity contribution in [1.29, 1.82) is 0 Å². The minimum atomic E-state index is -1.03. The summed E-state index contributed by atoms with van der Waals surface area (Å²) in [6.07, 6.45) is 3.34. The number of carbonyl (C=O) groups is 2. The Labute approximate surface area is 128 Å². The maximum atomic E-state index is 12.2. The first-order chi connectivity index (χ1) is 9.85. The van der Waals surface area contributed by atoms with Crippen molar-refractivity contribution in [3.05, 3.63) is 17.0 Å². The van der Waals surface area contributed by atoms with Gasteiger partial charge >= 0.3 is 12.0 Å². The summed E-state index contributed by atoms with van der Waals surface area (Å²) in [6, 6.07) is 1.23. The number of hydrogen-bond acceptors (Lipinski definition) is 4. The molecule has 0 aromatic carbocycles. The van der Waals surface area contributed by atoms with Crippen LogP contribution in [0.15, 0.2) is 11.4 Å². The molecular formula is C14H21N3O3S. The average Bonchev–Trinajstić information content (AvgIpc) is 2.81. The summed E-state index contributed by atoms with van der Waals surface area (Å²) in [7, 11) is 5.81. The SMILES string of the molecule is CN(CC1(N(C)C)CCC1)C(=O)Nc1sccc1C(=O)O. The largest absolute Gasteiger partial charge is 0.478 e. The summed E-state index contributed by atoms with van der Waals surface area (Å²) in [5.41, 5.74) is 0.185. The van der Waals surface area contributed by atoms with E-state index in [-0.39, 0.29) is 17.1 Å². The maximum absolute atomic E-state index is 12.2. The molecule has 6 nitrogen and oxygen atoms in total. The Morgan fingerprint density at radius 1 is 1.38 bits per heavy atom. The van der Waals surface area contributed by atoms with E-state index in [0.29, 0.717) is 11.5 Å². The molecule has 0 spiro atoms. The lowest BCUT2D eigenvalue weighted by molar-refractivity contribution is 0.0379. The van der Waals surface area contributed by atoms with E-state index in [1.54, 1.807) is 17.3 Å². The van der Waals surface area contributed by atoms with Crippen LogP contribution >= 0.6 is 11.3 Å². The van der Waals surface area contributed by atoms with E-state index in [2.05, 4.69) is 10.2 Å². The number of aromatic carboxylic acids is 1. The van der Waals surface area contributed by atoms with Gasteiger partial charge in [-0.15, -0.1) is 11.3 Å². The first-order valence-corrected chi connectivity index (χ1v) is 7.74. The minimum Gasteiger partial charge on any atom is -0.478 e. The van der Waals surface area contributed by atoms with Gasteiger partial charge in [0.2, 0.25) is 0 Å². The number of hydrogen-bond donors (Lipinski definition) is 2. The number of nitrogens with zero attached hydrogens (tertiary/aromatic N) is 2. The van der Waals surface area contributed by atoms with Crippen LogP contribution in [0, 0.1) is 0 Å². The maximum Gasteiger partial charge on any atom is 0.338 e. The molecule has 1 aliphatic carbocycles. The van der Waals surface area contributed by atoms with Crippen LogP contribution in [-0.2, 0) is 0 Å². The predicted molar refractivity (Wildman–Crippen MR) is 83.2 cm³/mol. The number of urea groups is 1. The van der Waals surface area contributed by atoms with Gasteiger partial charge in [-0.3, -0.25) is 5.32 Å². The van der Waals surface area contributed by atoms with E-state index in [4.69, 9.17) is 5.11 Å². The fourth-order valence-corrected chi connectivity index (χ4v) is 3.38. The van der Waals surface area contributed by atoms with Crippen LogP contribution in [0.1, 0.15) is 29.6 Å². The van der Waals surface area contributed by atoms with Gasteiger partial charge in [0.05, 0.1) is 5.56 Å². The minimum absolute atomic E-state index is 0.0527. The van der Waals surface area contributed by atoms with Crippen molar-refractivity contribution in [1.82, 2.24) is 9.80 Å². The van der Waals surface area contributed by atoms with Crippen molar-refractivity contribution in [3.63, 3.8) is 0 Å². The Balaban J connectivity index is 2.00. The Bertz CT molecular complexity index is 537. The van der Waals surface area contributed by atoms with Crippen LogP contribution in [0.2, 0.25) is 0 Å². The Morgan fingerprint density at radius 2 is 2.05 bits per heavy atom. The summed E-state index contributed by atoms with van der Waals surface area (Å²) in [4.78, 5) is 27.1. The van der Waals surface area contributed by atoms with E-state index in [0.717, 1.165) is 12.8 Å². The number of carboxylic acid groups (broad SMARTS) is 1. The molecule has 0 bridgehead atoms. The Hall–Kier alpha value is -1.60. The van der Waals surface area contributed by atoms with Gasteiger partial charge in [-0.05, 0) is 44.8 Å². The van der Waals surface area contributed by atoms with E-state index in [1.807, 2.05) is 14.1 Å². The summed E-state index contributed by atoms with van der Waals surface area (Å²) < 4.78 is 0. The van der Waals surface area contributed by atoms with E-state index < -0.39 is 5.97 Å². The van der Waals surface area contributed by atoms with E-state index >= 15 is 0 Å². The number of carbonyl (C=O) groups excluding carboxylic acids is 1. The van der Waals surface area contributed by atoms with Crippen molar-refractivity contribution in [2.24, 2.45) is 0 Å². The molecule has 21 heavy (non-hydrogen) atoms. The van der Waals surface area contributed by atoms with Gasteiger partial charge < -0.3 is 14.9 Å². The second kappa shape index (κ2) is 6.03. The third kappa shape index (κ3) is 3.19. The predicted octanol–water partition coefficient (Wildman–Crippen LogP) is 2.39. The first kappa shape index (κ1) is 15.8. The molecule has 2 N–H and O–H groups in total. The fourth-order valence-electron chi connectivity index (χ4n) is 2.61. The smallest absolute Gasteiger partial charge is 0.338 e. The molecular weight excluding hydrogens is 290 g/mol. The molecule has 0 radical (unpaired) electrons. The highest BCUT2D eigenvalue weighted by Crippen LogP contribution is 2.36. The molecule has 116 valence electrons. The zero-order valence-corrected chi connectivity index (χ0v) is 13.4. The lowest BCUT2D eigenvalue weighted by atomic mass is 9.75. The number of thiophene rings is 1. The molecule has 2 rings (SSSR count). The number of anilines is 1. The second-order valence-corrected chi connectivity index (χ2v) is 6.64. The highest BCUT2D eigenvalue weighted by molar-refractivity contribution is 7.14. The molecule has 1 heterocycles. The van der Waals surface area contributed by atoms with Crippen molar-refractivity contribution < 1.29 is 14.7 Å². The zero-order valence-electron chi connectivity index (χ0n) is 12.5. The summed E-state index contributed by atoms with van der Waals surface area (Å²) >= 11 is 1.22. The van der Waals surface area contributed by atoms with Crippen LogP contribution in [0.5, 0.6) is 0 Å². The van der Waals surface area contributed by atoms with Crippen LogP contribution < -0.4 is 5.32 Å².